The average Bonchev–Trinajstić information content (AvgIpc) is 2.14. The SMILES string of the molecule is Cc1ccc(C(=O)N(C)CC(C)(C)O)c(Br)n1. The van der Waals surface area contributed by atoms with Crippen LogP contribution in [0.25, 0.3) is 0 Å². The van der Waals surface area contributed by atoms with Gasteiger partial charge in [-0.3, -0.25) is 4.79 Å². The van der Waals surface area contributed by atoms with Crippen molar-refractivity contribution in [2.45, 2.75) is 26.4 Å². The van der Waals surface area contributed by atoms with E-state index < -0.39 is 5.60 Å². The summed E-state index contributed by atoms with van der Waals surface area (Å²) in [6.45, 7) is 5.46. The summed E-state index contributed by atoms with van der Waals surface area (Å²) in [4.78, 5) is 17.8. The second-order valence-electron chi connectivity index (χ2n) is 4.76. The lowest BCUT2D eigenvalue weighted by Gasteiger charge is -2.25. The van der Waals surface area contributed by atoms with Gasteiger partial charge in [0.15, 0.2) is 0 Å². The van der Waals surface area contributed by atoms with Gasteiger partial charge in [0.2, 0.25) is 0 Å². The molecule has 1 heterocycles. The molecule has 1 rings (SSSR count). The zero-order valence-corrected chi connectivity index (χ0v) is 12.1. The van der Waals surface area contributed by atoms with Gasteiger partial charge >= 0.3 is 0 Å². The van der Waals surface area contributed by atoms with Crippen molar-refractivity contribution in [2.24, 2.45) is 0 Å². The topological polar surface area (TPSA) is 53.4 Å². The first kappa shape index (κ1) is 14.1. The number of carbonyl (C=O) groups excluding carboxylic acids is 1. The predicted molar refractivity (Wildman–Crippen MR) is 69.9 cm³/mol. The van der Waals surface area contributed by atoms with E-state index in [1.165, 1.54) is 4.90 Å². The lowest BCUT2D eigenvalue weighted by atomic mass is 10.1. The molecule has 0 atom stereocenters. The number of likely N-dealkylation sites (N-methyl/N-ethyl adjacent to an activating group) is 1. The Morgan fingerprint density at radius 3 is 2.59 bits per heavy atom. The van der Waals surface area contributed by atoms with Crippen molar-refractivity contribution >= 4 is 21.8 Å². The molecule has 0 spiro atoms. The van der Waals surface area contributed by atoms with E-state index in [4.69, 9.17) is 0 Å². The largest absolute Gasteiger partial charge is 0.389 e. The van der Waals surface area contributed by atoms with E-state index in [-0.39, 0.29) is 12.5 Å². The highest BCUT2D eigenvalue weighted by atomic mass is 79.9. The molecule has 0 aliphatic rings. The van der Waals surface area contributed by atoms with E-state index in [1.807, 2.05) is 6.92 Å². The first-order chi connectivity index (χ1) is 7.70. The third kappa shape index (κ3) is 4.09. The molecule has 0 bridgehead atoms. The van der Waals surface area contributed by atoms with Gasteiger partial charge in [0.1, 0.15) is 4.60 Å². The molecule has 0 aliphatic carbocycles. The third-order valence-electron chi connectivity index (χ3n) is 2.19. The lowest BCUT2D eigenvalue weighted by Crippen LogP contribution is -2.39. The van der Waals surface area contributed by atoms with E-state index >= 15 is 0 Å². The van der Waals surface area contributed by atoms with Gasteiger partial charge in [-0.25, -0.2) is 4.98 Å². The monoisotopic (exact) mass is 300 g/mol. The maximum atomic E-state index is 12.1. The van der Waals surface area contributed by atoms with Crippen LogP contribution in [0.15, 0.2) is 16.7 Å². The van der Waals surface area contributed by atoms with Crippen LogP contribution in [0.2, 0.25) is 0 Å². The average molecular weight is 301 g/mol. The molecule has 0 saturated carbocycles. The maximum Gasteiger partial charge on any atom is 0.256 e. The molecular formula is C12H17BrN2O2. The molecule has 1 N–H and O–H groups in total. The number of aryl methyl sites for hydroxylation is 1. The van der Waals surface area contributed by atoms with Crippen LogP contribution in [0, 0.1) is 6.92 Å². The third-order valence-corrected chi connectivity index (χ3v) is 2.79. The molecule has 5 heteroatoms. The molecule has 0 fully saturated rings. The molecule has 17 heavy (non-hydrogen) atoms. The molecule has 0 unspecified atom stereocenters. The van der Waals surface area contributed by atoms with Gasteiger partial charge in [0, 0.05) is 19.3 Å². The summed E-state index contributed by atoms with van der Waals surface area (Å²) < 4.78 is 0.532. The van der Waals surface area contributed by atoms with E-state index in [2.05, 4.69) is 20.9 Å². The summed E-state index contributed by atoms with van der Waals surface area (Å²) in [5, 5.41) is 9.68. The Bertz CT molecular complexity index is 427. The maximum absolute atomic E-state index is 12.1. The Hall–Kier alpha value is -0.940. The van der Waals surface area contributed by atoms with Crippen molar-refractivity contribution in [3.8, 4) is 0 Å². The van der Waals surface area contributed by atoms with E-state index in [9.17, 15) is 9.90 Å². The highest BCUT2D eigenvalue weighted by molar-refractivity contribution is 9.10. The normalized spacial score (nSPS) is 11.4. The summed E-state index contributed by atoms with van der Waals surface area (Å²) in [6.07, 6.45) is 0. The first-order valence-corrected chi connectivity index (χ1v) is 6.11. The standard InChI is InChI=1S/C12H17BrN2O2/c1-8-5-6-9(10(13)14-8)11(16)15(4)7-12(2,3)17/h5-6,17H,7H2,1-4H3. The minimum Gasteiger partial charge on any atom is -0.389 e. The van der Waals surface area contributed by atoms with Crippen molar-refractivity contribution in [1.29, 1.82) is 0 Å². The van der Waals surface area contributed by atoms with Crippen LogP contribution >= 0.6 is 15.9 Å². The second kappa shape index (κ2) is 5.14. The zero-order chi connectivity index (χ0) is 13.2. The highest BCUT2D eigenvalue weighted by Gasteiger charge is 2.22. The van der Waals surface area contributed by atoms with Crippen LogP contribution < -0.4 is 0 Å². The van der Waals surface area contributed by atoms with E-state index in [1.54, 1.807) is 33.0 Å². The van der Waals surface area contributed by atoms with Crippen molar-refractivity contribution in [3.63, 3.8) is 0 Å². The van der Waals surface area contributed by atoms with Gasteiger partial charge in [-0.15, -0.1) is 0 Å². The number of carbonyl (C=O) groups is 1. The van der Waals surface area contributed by atoms with Gasteiger partial charge in [-0.2, -0.15) is 0 Å². The van der Waals surface area contributed by atoms with Gasteiger partial charge in [-0.05, 0) is 48.8 Å². The number of amides is 1. The Morgan fingerprint density at radius 2 is 2.12 bits per heavy atom. The Morgan fingerprint density at radius 1 is 1.53 bits per heavy atom. The van der Waals surface area contributed by atoms with Crippen molar-refractivity contribution < 1.29 is 9.90 Å². The first-order valence-electron chi connectivity index (χ1n) is 5.32. The van der Waals surface area contributed by atoms with Gasteiger partial charge in [0.05, 0.1) is 11.2 Å². The number of aliphatic hydroxyl groups is 1. The summed E-state index contributed by atoms with van der Waals surface area (Å²) >= 11 is 3.27. The molecule has 1 aromatic heterocycles. The number of hydrogen-bond acceptors (Lipinski definition) is 3. The fraction of sp³-hybridized carbons (Fsp3) is 0.500. The molecule has 1 aromatic rings. The van der Waals surface area contributed by atoms with Crippen molar-refractivity contribution in [3.05, 3.63) is 28.0 Å². The molecule has 0 aliphatic heterocycles. The highest BCUT2D eigenvalue weighted by Crippen LogP contribution is 2.17. The number of hydrogen-bond donors (Lipinski definition) is 1. The smallest absolute Gasteiger partial charge is 0.256 e. The number of nitrogens with zero attached hydrogens (tertiary/aromatic N) is 2. The molecule has 0 aromatic carbocycles. The van der Waals surface area contributed by atoms with Crippen molar-refractivity contribution in [1.82, 2.24) is 9.88 Å². The Kier molecular flexibility index (Phi) is 4.27. The number of aromatic nitrogens is 1. The lowest BCUT2D eigenvalue weighted by molar-refractivity contribution is 0.0367. The number of rotatable bonds is 3. The minimum absolute atomic E-state index is 0.161. The zero-order valence-electron chi connectivity index (χ0n) is 10.5. The van der Waals surface area contributed by atoms with Gasteiger partial charge in [-0.1, -0.05) is 0 Å². The van der Waals surface area contributed by atoms with Gasteiger partial charge in [0.25, 0.3) is 5.91 Å². The Labute approximate surface area is 110 Å². The quantitative estimate of drug-likeness (QED) is 0.869. The van der Waals surface area contributed by atoms with E-state index in [0.29, 0.717) is 10.2 Å². The number of pyridine rings is 1. The van der Waals surface area contributed by atoms with Gasteiger partial charge < -0.3 is 10.0 Å². The number of halogens is 1. The minimum atomic E-state index is -0.908. The van der Waals surface area contributed by atoms with Crippen LogP contribution in [-0.4, -0.2) is 40.1 Å². The van der Waals surface area contributed by atoms with Crippen LogP contribution in [0.4, 0.5) is 0 Å². The van der Waals surface area contributed by atoms with Crippen LogP contribution in [0.3, 0.4) is 0 Å². The van der Waals surface area contributed by atoms with E-state index in [0.717, 1.165) is 5.69 Å². The molecule has 0 radical (unpaired) electrons. The molecule has 94 valence electrons. The van der Waals surface area contributed by atoms with Crippen LogP contribution in [0.1, 0.15) is 29.9 Å². The predicted octanol–water partition coefficient (Wildman–Crippen LogP) is 2.00. The fourth-order valence-corrected chi connectivity index (χ4v) is 2.12. The summed E-state index contributed by atoms with van der Waals surface area (Å²) in [7, 11) is 1.66. The van der Waals surface area contributed by atoms with Crippen LogP contribution in [0.5, 0.6) is 0 Å². The summed E-state index contributed by atoms with van der Waals surface area (Å²) in [5.74, 6) is -0.161. The summed E-state index contributed by atoms with van der Waals surface area (Å²) in [5.41, 5.74) is 0.440. The van der Waals surface area contributed by atoms with Crippen LogP contribution in [-0.2, 0) is 0 Å². The second-order valence-corrected chi connectivity index (χ2v) is 5.52. The van der Waals surface area contributed by atoms with Crippen molar-refractivity contribution in [2.75, 3.05) is 13.6 Å². The molecular weight excluding hydrogens is 284 g/mol. The molecule has 0 saturated heterocycles. The molecule has 4 nitrogen and oxygen atoms in total. The summed E-state index contributed by atoms with van der Waals surface area (Å²) in [6, 6.07) is 3.52. The Balaban J connectivity index is 2.89. The molecule has 1 amide bonds. The fourth-order valence-electron chi connectivity index (χ4n) is 1.54.